The third-order valence-corrected chi connectivity index (χ3v) is 2.26. The van der Waals surface area contributed by atoms with Gasteiger partial charge in [0.25, 0.3) is 0 Å². The molecule has 64 valence electrons. The summed E-state index contributed by atoms with van der Waals surface area (Å²) in [5.41, 5.74) is 5.31. The topological polar surface area (TPSA) is 52.3 Å². The van der Waals surface area contributed by atoms with E-state index in [1.54, 1.807) is 0 Å². The molecule has 0 aromatic carbocycles. The van der Waals surface area contributed by atoms with Crippen LogP contribution in [0.3, 0.4) is 0 Å². The lowest BCUT2D eigenvalue weighted by atomic mass is 9.86. The standard InChI is InChI=1S/C8H15NO2/c1-2-7(10)8(9)3-5-11-6-4-8/h2-6,9H2,1H3. The zero-order valence-electron chi connectivity index (χ0n) is 6.93. The highest BCUT2D eigenvalue weighted by molar-refractivity contribution is 5.87. The summed E-state index contributed by atoms with van der Waals surface area (Å²) < 4.78 is 5.13. The Kier molecular flexibility index (Phi) is 2.62. The van der Waals surface area contributed by atoms with Crippen LogP contribution < -0.4 is 5.73 Å². The first-order valence-corrected chi connectivity index (χ1v) is 4.09. The molecule has 11 heavy (non-hydrogen) atoms. The smallest absolute Gasteiger partial charge is 0.152 e. The predicted octanol–water partition coefficient (Wildman–Crippen LogP) is 0.473. The minimum Gasteiger partial charge on any atom is -0.381 e. The Morgan fingerprint density at radius 1 is 1.55 bits per heavy atom. The summed E-state index contributed by atoms with van der Waals surface area (Å²) in [6, 6.07) is 0. The monoisotopic (exact) mass is 157 g/mol. The van der Waals surface area contributed by atoms with Crippen molar-refractivity contribution in [3.63, 3.8) is 0 Å². The molecule has 0 aromatic heterocycles. The van der Waals surface area contributed by atoms with Gasteiger partial charge in [-0.05, 0) is 12.8 Å². The van der Waals surface area contributed by atoms with Crippen molar-refractivity contribution in [1.29, 1.82) is 0 Å². The van der Waals surface area contributed by atoms with E-state index in [0.29, 0.717) is 32.5 Å². The Bertz CT molecular complexity index is 150. The number of hydrogen-bond acceptors (Lipinski definition) is 3. The second-order valence-electron chi connectivity index (χ2n) is 3.05. The van der Waals surface area contributed by atoms with E-state index in [-0.39, 0.29) is 5.78 Å². The summed E-state index contributed by atoms with van der Waals surface area (Å²) >= 11 is 0. The molecule has 1 rings (SSSR count). The maximum absolute atomic E-state index is 11.3. The van der Waals surface area contributed by atoms with Crippen molar-refractivity contribution < 1.29 is 9.53 Å². The maximum Gasteiger partial charge on any atom is 0.152 e. The highest BCUT2D eigenvalue weighted by atomic mass is 16.5. The van der Waals surface area contributed by atoms with Crippen LogP contribution in [-0.4, -0.2) is 24.5 Å². The van der Waals surface area contributed by atoms with Gasteiger partial charge in [0.05, 0.1) is 5.54 Å². The number of nitrogens with two attached hydrogens (primary N) is 1. The number of carbonyl (C=O) groups is 1. The fourth-order valence-corrected chi connectivity index (χ4v) is 1.37. The van der Waals surface area contributed by atoms with Crippen molar-refractivity contribution in [2.24, 2.45) is 5.73 Å². The van der Waals surface area contributed by atoms with Crippen molar-refractivity contribution in [2.75, 3.05) is 13.2 Å². The third kappa shape index (κ3) is 1.79. The zero-order chi connectivity index (χ0) is 8.32. The highest BCUT2D eigenvalue weighted by Gasteiger charge is 2.33. The molecule has 0 atom stereocenters. The molecule has 0 spiro atoms. The average molecular weight is 157 g/mol. The van der Waals surface area contributed by atoms with E-state index in [0.717, 1.165) is 0 Å². The lowest BCUT2D eigenvalue weighted by Crippen LogP contribution is -2.51. The predicted molar refractivity (Wildman–Crippen MR) is 42.3 cm³/mol. The Hall–Kier alpha value is -0.410. The molecule has 1 saturated heterocycles. The molecule has 1 fully saturated rings. The maximum atomic E-state index is 11.3. The van der Waals surface area contributed by atoms with E-state index < -0.39 is 5.54 Å². The minimum absolute atomic E-state index is 0.167. The van der Waals surface area contributed by atoms with Crippen LogP contribution in [0.1, 0.15) is 26.2 Å². The van der Waals surface area contributed by atoms with Gasteiger partial charge in [-0.1, -0.05) is 6.92 Å². The second kappa shape index (κ2) is 3.32. The van der Waals surface area contributed by atoms with E-state index in [1.807, 2.05) is 6.92 Å². The van der Waals surface area contributed by atoms with E-state index in [2.05, 4.69) is 0 Å². The van der Waals surface area contributed by atoms with Crippen molar-refractivity contribution in [3.8, 4) is 0 Å². The SMILES string of the molecule is CCC(=O)C1(N)CCOCC1. The first-order chi connectivity index (χ1) is 5.19. The summed E-state index contributed by atoms with van der Waals surface area (Å²) in [6.07, 6.45) is 1.90. The summed E-state index contributed by atoms with van der Waals surface area (Å²) in [7, 11) is 0. The van der Waals surface area contributed by atoms with E-state index >= 15 is 0 Å². The summed E-state index contributed by atoms with van der Waals surface area (Å²) in [5, 5.41) is 0. The fraction of sp³-hybridized carbons (Fsp3) is 0.875. The molecule has 0 unspecified atom stereocenters. The first-order valence-electron chi connectivity index (χ1n) is 4.09. The normalized spacial score (nSPS) is 23.1. The molecule has 0 bridgehead atoms. The van der Waals surface area contributed by atoms with Gasteiger partial charge in [0.15, 0.2) is 5.78 Å². The molecule has 1 heterocycles. The van der Waals surface area contributed by atoms with Crippen LogP contribution in [0.4, 0.5) is 0 Å². The van der Waals surface area contributed by atoms with Crippen molar-refractivity contribution in [2.45, 2.75) is 31.7 Å². The summed E-state index contributed by atoms with van der Waals surface area (Å²) in [4.78, 5) is 11.3. The van der Waals surface area contributed by atoms with Crippen LogP contribution in [-0.2, 0) is 9.53 Å². The molecule has 1 aliphatic rings. The molecule has 0 radical (unpaired) electrons. The van der Waals surface area contributed by atoms with Crippen LogP contribution in [0.5, 0.6) is 0 Å². The highest BCUT2D eigenvalue weighted by Crippen LogP contribution is 2.19. The number of Topliss-reactive ketones (excluding diaryl/α,β-unsaturated/α-hetero) is 1. The van der Waals surface area contributed by atoms with Crippen LogP contribution in [0, 0.1) is 0 Å². The molecule has 0 aromatic rings. The van der Waals surface area contributed by atoms with Gasteiger partial charge >= 0.3 is 0 Å². The lowest BCUT2D eigenvalue weighted by molar-refractivity contribution is -0.127. The molecule has 0 saturated carbocycles. The fourth-order valence-electron chi connectivity index (χ4n) is 1.37. The zero-order valence-corrected chi connectivity index (χ0v) is 6.93. The van der Waals surface area contributed by atoms with E-state index in [9.17, 15) is 4.79 Å². The molecule has 2 N–H and O–H groups in total. The Morgan fingerprint density at radius 2 is 2.09 bits per heavy atom. The van der Waals surface area contributed by atoms with Gasteiger partial charge < -0.3 is 10.5 Å². The van der Waals surface area contributed by atoms with Crippen LogP contribution in [0.2, 0.25) is 0 Å². The van der Waals surface area contributed by atoms with Crippen molar-refractivity contribution >= 4 is 5.78 Å². The summed E-state index contributed by atoms with van der Waals surface area (Å²) in [5.74, 6) is 0.167. The molecule has 0 amide bonds. The van der Waals surface area contributed by atoms with E-state index in [1.165, 1.54) is 0 Å². The Morgan fingerprint density at radius 3 is 2.55 bits per heavy atom. The molecule has 0 aliphatic carbocycles. The Labute approximate surface area is 66.9 Å². The Balaban J connectivity index is 2.56. The third-order valence-electron chi connectivity index (χ3n) is 2.26. The minimum atomic E-state index is -0.576. The quantitative estimate of drug-likeness (QED) is 0.634. The molecule has 3 heteroatoms. The van der Waals surface area contributed by atoms with Crippen molar-refractivity contribution in [1.82, 2.24) is 0 Å². The van der Waals surface area contributed by atoms with Gasteiger partial charge in [-0.15, -0.1) is 0 Å². The number of rotatable bonds is 2. The van der Waals surface area contributed by atoms with Gasteiger partial charge in [-0.25, -0.2) is 0 Å². The molecule has 3 nitrogen and oxygen atoms in total. The summed E-state index contributed by atoms with van der Waals surface area (Å²) in [6.45, 7) is 3.11. The van der Waals surface area contributed by atoms with Gasteiger partial charge in [0, 0.05) is 19.6 Å². The van der Waals surface area contributed by atoms with Crippen molar-refractivity contribution in [3.05, 3.63) is 0 Å². The largest absolute Gasteiger partial charge is 0.381 e. The average Bonchev–Trinajstić information content (AvgIpc) is 2.04. The van der Waals surface area contributed by atoms with Gasteiger partial charge in [0.2, 0.25) is 0 Å². The lowest BCUT2D eigenvalue weighted by Gasteiger charge is -2.31. The molecular formula is C8H15NO2. The van der Waals surface area contributed by atoms with Crippen LogP contribution in [0.25, 0.3) is 0 Å². The molecule has 1 aliphatic heterocycles. The van der Waals surface area contributed by atoms with Crippen LogP contribution >= 0.6 is 0 Å². The van der Waals surface area contributed by atoms with E-state index in [4.69, 9.17) is 10.5 Å². The second-order valence-corrected chi connectivity index (χ2v) is 3.05. The van der Waals surface area contributed by atoms with Crippen LogP contribution in [0.15, 0.2) is 0 Å². The van der Waals surface area contributed by atoms with Gasteiger partial charge in [0.1, 0.15) is 0 Å². The number of ketones is 1. The number of carbonyl (C=O) groups excluding carboxylic acids is 1. The van der Waals surface area contributed by atoms with Gasteiger partial charge in [-0.2, -0.15) is 0 Å². The number of ether oxygens (including phenoxy) is 1. The van der Waals surface area contributed by atoms with Gasteiger partial charge in [-0.3, -0.25) is 4.79 Å². The molecular weight excluding hydrogens is 142 g/mol. The number of hydrogen-bond donors (Lipinski definition) is 1. The first kappa shape index (κ1) is 8.68.